The molecular weight excluding hydrogens is 389 g/mol. The molecule has 0 aromatic rings. The summed E-state index contributed by atoms with van der Waals surface area (Å²) < 4.78 is 64.9. The molecule has 27 heavy (non-hydrogen) atoms. The summed E-state index contributed by atoms with van der Waals surface area (Å²) in [7, 11) is -3.08. The summed E-state index contributed by atoms with van der Waals surface area (Å²) in [5.74, 6) is -2.76. The van der Waals surface area contributed by atoms with Crippen LogP contribution < -0.4 is 4.72 Å². The number of likely N-dealkylation sites (tertiary alicyclic amines) is 1. The zero-order valence-corrected chi connectivity index (χ0v) is 16.3. The summed E-state index contributed by atoms with van der Waals surface area (Å²) in [5, 5.41) is 7.00. The number of halogens is 3. The van der Waals surface area contributed by atoms with Gasteiger partial charge in [-0.25, -0.2) is 17.9 Å². The zero-order chi connectivity index (χ0) is 20.5. The van der Waals surface area contributed by atoms with Crippen molar-refractivity contribution >= 4 is 16.0 Å². The lowest BCUT2D eigenvalue weighted by Crippen LogP contribution is -2.50. The van der Waals surface area contributed by atoms with Crippen LogP contribution in [0.1, 0.15) is 46.0 Å². The number of rotatable bonds is 4. The predicted molar refractivity (Wildman–Crippen MR) is 91.8 cm³/mol. The van der Waals surface area contributed by atoms with Crippen LogP contribution in [-0.4, -0.2) is 73.2 Å². The molecule has 2 aliphatic heterocycles. The van der Waals surface area contributed by atoms with Crippen molar-refractivity contribution < 1.29 is 36.2 Å². The van der Waals surface area contributed by atoms with Gasteiger partial charge in [-0.1, -0.05) is 0 Å². The highest BCUT2D eigenvalue weighted by Gasteiger charge is 2.45. The minimum absolute atomic E-state index is 0.0569. The number of aliphatic carboxylic acids is 1. The fraction of sp³-hybridized carbons (Fsp3) is 0.938. The fourth-order valence-electron chi connectivity index (χ4n) is 3.44. The van der Waals surface area contributed by atoms with Gasteiger partial charge in [0.05, 0.1) is 10.9 Å². The third-order valence-electron chi connectivity index (χ3n) is 5.11. The number of carboxylic acid groups (broad SMARTS) is 1. The third kappa shape index (κ3) is 6.30. The number of hydrogen-bond acceptors (Lipinski definition) is 5. The number of carboxylic acids is 1. The number of nitrogens with one attached hydrogen (secondary N) is 1. The van der Waals surface area contributed by atoms with Crippen LogP contribution in [0.3, 0.4) is 0 Å². The first-order chi connectivity index (χ1) is 12.3. The molecule has 0 radical (unpaired) electrons. The lowest BCUT2D eigenvalue weighted by Gasteiger charge is -2.38. The fourth-order valence-corrected chi connectivity index (χ4v) is 5.05. The smallest absolute Gasteiger partial charge is 0.475 e. The van der Waals surface area contributed by atoms with Gasteiger partial charge in [0.1, 0.15) is 0 Å². The standard InChI is InChI=1S/C14H26N2O3S.C2HF3O2/c1-11(2)16-7-6-14(10-16)9-12(5-8-19-14)15-20(17,18)13-3-4-13;3-2(4,5)1(6)7/h11-13,15H,3-10H2,1-2H3;(H,6,7)/t12-,14-;/m1./s1. The van der Waals surface area contributed by atoms with Crippen molar-refractivity contribution in [2.24, 2.45) is 0 Å². The van der Waals surface area contributed by atoms with Crippen molar-refractivity contribution in [1.82, 2.24) is 9.62 Å². The molecule has 2 heterocycles. The first-order valence-corrected chi connectivity index (χ1v) is 10.6. The van der Waals surface area contributed by atoms with E-state index in [1.54, 1.807) is 0 Å². The molecular formula is C16H27F3N2O5S. The van der Waals surface area contributed by atoms with Gasteiger partial charge in [0, 0.05) is 31.8 Å². The largest absolute Gasteiger partial charge is 0.490 e. The van der Waals surface area contributed by atoms with E-state index >= 15 is 0 Å². The normalized spacial score (nSPS) is 29.6. The molecule has 0 aromatic carbocycles. The van der Waals surface area contributed by atoms with Crippen LogP contribution in [0.2, 0.25) is 0 Å². The second-order valence-electron chi connectivity index (χ2n) is 7.70. The predicted octanol–water partition coefficient (Wildman–Crippen LogP) is 1.73. The number of nitrogens with zero attached hydrogens (tertiary/aromatic N) is 1. The van der Waals surface area contributed by atoms with Gasteiger partial charge in [-0.15, -0.1) is 0 Å². The summed E-state index contributed by atoms with van der Waals surface area (Å²) in [6.07, 6.45) is -0.792. The van der Waals surface area contributed by atoms with Crippen LogP contribution in [-0.2, 0) is 19.6 Å². The van der Waals surface area contributed by atoms with Gasteiger partial charge in [0.15, 0.2) is 0 Å². The summed E-state index contributed by atoms with van der Waals surface area (Å²) in [6.45, 7) is 7.07. The molecule has 1 spiro atoms. The Morgan fingerprint density at radius 3 is 2.33 bits per heavy atom. The van der Waals surface area contributed by atoms with E-state index in [2.05, 4.69) is 23.5 Å². The molecule has 3 rings (SSSR count). The highest BCUT2D eigenvalue weighted by Crippen LogP contribution is 2.36. The Morgan fingerprint density at radius 2 is 1.89 bits per heavy atom. The van der Waals surface area contributed by atoms with Gasteiger partial charge in [-0.2, -0.15) is 13.2 Å². The van der Waals surface area contributed by atoms with Gasteiger partial charge in [-0.05, 0) is 46.0 Å². The molecule has 1 saturated carbocycles. The topological polar surface area (TPSA) is 95.9 Å². The number of carbonyl (C=O) groups is 1. The molecule has 1 aliphatic carbocycles. The Kier molecular flexibility index (Phi) is 6.81. The first-order valence-electron chi connectivity index (χ1n) is 9.04. The number of alkyl halides is 3. The molecule has 158 valence electrons. The van der Waals surface area contributed by atoms with Crippen molar-refractivity contribution in [1.29, 1.82) is 0 Å². The molecule has 3 aliphatic rings. The van der Waals surface area contributed by atoms with E-state index in [0.29, 0.717) is 12.6 Å². The van der Waals surface area contributed by atoms with Gasteiger partial charge < -0.3 is 9.84 Å². The quantitative estimate of drug-likeness (QED) is 0.725. The highest BCUT2D eigenvalue weighted by atomic mass is 32.2. The van der Waals surface area contributed by atoms with E-state index < -0.39 is 22.2 Å². The molecule has 0 aromatic heterocycles. The molecule has 2 atom stereocenters. The molecule has 11 heteroatoms. The summed E-state index contributed by atoms with van der Waals surface area (Å²) in [4.78, 5) is 11.3. The van der Waals surface area contributed by atoms with E-state index in [4.69, 9.17) is 14.6 Å². The minimum Gasteiger partial charge on any atom is -0.475 e. The van der Waals surface area contributed by atoms with Crippen molar-refractivity contribution in [3.63, 3.8) is 0 Å². The first kappa shape index (κ1) is 22.4. The van der Waals surface area contributed by atoms with Gasteiger partial charge in [0.2, 0.25) is 10.0 Å². The van der Waals surface area contributed by atoms with E-state index in [9.17, 15) is 21.6 Å². The van der Waals surface area contributed by atoms with E-state index in [1.807, 2.05) is 0 Å². The summed E-state index contributed by atoms with van der Waals surface area (Å²) in [5.41, 5.74) is -0.126. The van der Waals surface area contributed by atoms with Crippen LogP contribution in [0, 0.1) is 0 Å². The Bertz CT molecular complexity index is 636. The molecule has 2 saturated heterocycles. The molecule has 3 fully saturated rings. The van der Waals surface area contributed by atoms with Gasteiger partial charge in [0.25, 0.3) is 0 Å². The van der Waals surface area contributed by atoms with Crippen LogP contribution in [0.4, 0.5) is 13.2 Å². The average molecular weight is 416 g/mol. The molecule has 0 unspecified atom stereocenters. The van der Waals surface area contributed by atoms with Crippen molar-refractivity contribution in [2.75, 3.05) is 19.7 Å². The maximum absolute atomic E-state index is 12.1. The molecule has 2 N–H and O–H groups in total. The maximum atomic E-state index is 12.1. The van der Waals surface area contributed by atoms with Crippen molar-refractivity contribution in [3.05, 3.63) is 0 Å². The van der Waals surface area contributed by atoms with Crippen LogP contribution in [0.15, 0.2) is 0 Å². The van der Waals surface area contributed by atoms with E-state index in [1.165, 1.54) is 0 Å². The molecule has 0 amide bonds. The second kappa shape index (κ2) is 8.22. The number of hydrogen-bond donors (Lipinski definition) is 2. The SMILES string of the molecule is CC(C)N1CC[C@@]2(C[C@H](NS(=O)(=O)C3CC3)CCO2)C1.O=C(O)C(F)(F)F. The van der Waals surface area contributed by atoms with Crippen LogP contribution in [0.25, 0.3) is 0 Å². The van der Waals surface area contributed by atoms with Gasteiger partial charge in [-0.3, -0.25) is 4.90 Å². The number of sulfonamides is 1. The second-order valence-corrected chi connectivity index (χ2v) is 9.69. The van der Waals surface area contributed by atoms with Crippen molar-refractivity contribution in [2.45, 2.75) is 75.1 Å². The zero-order valence-electron chi connectivity index (χ0n) is 15.5. The minimum atomic E-state index is -5.08. The van der Waals surface area contributed by atoms with Crippen LogP contribution in [0.5, 0.6) is 0 Å². The number of ether oxygens (including phenoxy) is 1. The van der Waals surface area contributed by atoms with Gasteiger partial charge >= 0.3 is 12.1 Å². The van der Waals surface area contributed by atoms with E-state index in [0.717, 1.165) is 45.2 Å². The summed E-state index contributed by atoms with van der Waals surface area (Å²) >= 11 is 0. The van der Waals surface area contributed by atoms with E-state index in [-0.39, 0.29) is 16.9 Å². The monoisotopic (exact) mass is 416 g/mol. The summed E-state index contributed by atoms with van der Waals surface area (Å²) in [6, 6.07) is 0.586. The molecule has 0 bridgehead atoms. The Balaban J connectivity index is 0.000000321. The highest BCUT2D eigenvalue weighted by molar-refractivity contribution is 7.90. The Morgan fingerprint density at radius 1 is 1.30 bits per heavy atom. The maximum Gasteiger partial charge on any atom is 0.490 e. The average Bonchev–Trinajstić information content (AvgIpc) is 3.31. The Hall–Kier alpha value is -0.910. The van der Waals surface area contributed by atoms with Crippen LogP contribution >= 0.6 is 0 Å². The third-order valence-corrected chi connectivity index (χ3v) is 7.12. The lowest BCUT2D eigenvalue weighted by molar-refractivity contribution is -0.192. The van der Waals surface area contributed by atoms with Crippen molar-refractivity contribution in [3.8, 4) is 0 Å². The lowest BCUT2D eigenvalue weighted by atomic mass is 9.90. The Labute approximate surface area is 157 Å². The molecule has 7 nitrogen and oxygen atoms in total.